The number of nitrogens with zero attached hydrogens (tertiary/aromatic N) is 3. The number of hydrogen-bond acceptors (Lipinski definition) is 3. The molecule has 0 aromatic carbocycles. The molecule has 0 fully saturated rings. The molecule has 0 saturated heterocycles. The van der Waals surface area contributed by atoms with E-state index in [4.69, 9.17) is 0 Å². The molecule has 1 aromatic rings. The van der Waals surface area contributed by atoms with Crippen LogP contribution in [-0.4, -0.2) is 33.5 Å². The first kappa shape index (κ1) is 14.9. The van der Waals surface area contributed by atoms with Crippen molar-refractivity contribution in [3.8, 4) is 0 Å². The molecule has 18 heavy (non-hydrogen) atoms. The van der Waals surface area contributed by atoms with Gasteiger partial charge in [0.15, 0.2) is 0 Å². The second kappa shape index (κ2) is 6.17. The lowest BCUT2D eigenvalue weighted by molar-refractivity contribution is -0.155. The van der Waals surface area contributed by atoms with E-state index in [-0.39, 0.29) is 12.5 Å². The minimum Gasteiger partial charge on any atom is -0.306 e. The molecule has 0 saturated carbocycles. The lowest BCUT2D eigenvalue weighted by Crippen LogP contribution is -2.44. The molecule has 1 aromatic heterocycles. The van der Waals surface area contributed by atoms with Gasteiger partial charge in [0.25, 0.3) is 0 Å². The third-order valence-corrected chi connectivity index (χ3v) is 2.56. The maximum Gasteiger partial charge on any atom is 0.404 e. The summed E-state index contributed by atoms with van der Waals surface area (Å²) in [5.74, 6) is 0.357. The summed E-state index contributed by atoms with van der Waals surface area (Å²) >= 11 is 0. The van der Waals surface area contributed by atoms with E-state index in [1.807, 2.05) is 20.8 Å². The molecular weight excluding hydrogens is 245 g/mol. The van der Waals surface area contributed by atoms with Crippen LogP contribution in [0.4, 0.5) is 13.2 Å². The summed E-state index contributed by atoms with van der Waals surface area (Å²) in [6, 6.07) is -1.57. The molecule has 1 N–H and O–H groups in total. The molecule has 0 amide bonds. The first-order chi connectivity index (χ1) is 8.36. The zero-order valence-corrected chi connectivity index (χ0v) is 10.8. The summed E-state index contributed by atoms with van der Waals surface area (Å²) in [5.41, 5.74) is 0. The minimum atomic E-state index is -4.27. The van der Waals surface area contributed by atoms with Crippen molar-refractivity contribution in [2.75, 3.05) is 6.54 Å². The molecule has 1 heterocycles. The zero-order valence-electron chi connectivity index (χ0n) is 10.8. The molecule has 0 bridgehead atoms. The van der Waals surface area contributed by atoms with Gasteiger partial charge >= 0.3 is 6.18 Å². The summed E-state index contributed by atoms with van der Waals surface area (Å²) in [4.78, 5) is 3.91. The first-order valence-electron chi connectivity index (χ1n) is 6.04. The van der Waals surface area contributed by atoms with Crippen molar-refractivity contribution in [3.63, 3.8) is 0 Å². The Labute approximate surface area is 105 Å². The van der Waals surface area contributed by atoms with Gasteiger partial charge in [-0.3, -0.25) is 0 Å². The Hall–Kier alpha value is -1.11. The van der Waals surface area contributed by atoms with Crippen LogP contribution in [0.3, 0.4) is 0 Å². The van der Waals surface area contributed by atoms with E-state index in [1.165, 1.54) is 11.0 Å². The zero-order chi connectivity index (χ0) is 13.8. The van der Waals surface area contributed by atoms with Gasteiger partial charge in [-0.05, 0) is 26.8 Å². The van der Waals surface area contributed by atoms with E-state index in [1.54, 1.807) is 0 Å². The van der Waals surface area contributed by atoms with Gasteiger partial charge in [0.2, 0.25) is 0 Å². The van der Waals surface area contributed by atoms with Gasteiger partial charge in [0, 0.05) is 12.5 Å². The second-order valence-electron chi connectivity index (χ2n) is 4.47. The largest absolute Gasteiger partial charge is 0.404 e. The van der Waals surface area contributed by atoms with Crippen LogP contribution in [-0.2, 0) is 6.42 Å². The third-order valence-electron chi connectivity index (χ3n) is 2.56. The van der Waals surface area contributed by atoms with Crippen LogP contribution >= 0.6 is 0 Å². The van der Waals surface area contributed by atoms with Crippen molar-refractivity contribution in [1.82, 2.24) is 20.1 Å². The smallest absolute Gasteiger partial charge is 0.306 e. The maximum atomic E-state index is 12.8. The predicted octanol–water partition coefficient (Wildman–Crippen LogP) is 2.33. The predicted molar refractivity (Wildman–Crippen MR) is 62.2 cm³/mol. The number of alkyl halides is 3. The minimum absolute atomic E-state index is 0.00237. The fraction of sp³-hybridized carbons (Fsp3) is 0.818. The highest BCUT2D eigenvalue weighted by Crippen LogP contribution is 2.23. The fourth-order valence-electron chi connectivity index (χ4n) is 1.66. The maximum absolute atomic E-state index is 12.8. The molecule has 7 heteroatoms. The molecular formula is C11H19F3N4. The highest BCUT2D eigenvalue weighted by atomic mass is 19.4. The quantitative estimate of drug-likeness (QED) is 0.857. The molecule has 1 unspecified atom stereocenters. The van der Waals surface area contributed by atoms with Crippen molar-refractivity contribution in [2.45, 2.75) is 51.9 Å². The van der Waals surface area contributed by atoms with Gasteiger partial charge < -0.3 is 5.32 Å². The average Bonchev–Trinajstić information content (AvgIpc) is 2.70. The normalized spacial score (nSPS) is 14.2. The van der Waals surface area contributed by atoms with Crippen molar-refractivity contribution in [2.24, 2.45) is 0 Å². The Morgan fingerprint density at radius 1 is 1.39 bits per heavy atom. The van der Waals surface area contributed by atoms with Crippen molar-refractivity contribution < 1.29 is 13.2 Å². The van der Waals surface area contributed by atoms with E-state index in [9.17, 15) is 13.2 Å². The first-order valence-corrected chi connectivity index (χ1v) is 6.04. The number of halogens is 3. The van der Waals surface area contributed by atoms with E-state index < -0.39 is 12.2 Å². The molecule has 1 atom stereocenters. The van der Waals surface area contributed by atoms with Crippen LogP contribution in [0.1, 0.15) is 39.1 Å². The van der Waals surface area contributed by atoms with Gasteiger partial charge in [0.1, 0.15) is 18.2 Å². The Balaban J connectivity index is 2.79. The molecule has 0 aliphatic carbocycles. The van der Waals surface area contributed by atoms with Gasteiger partial charge in [-0.25, -0.2) is 9.67 Å². The highest BCUT2D eigenvalue weighted by molar-refractivity contribution is 4.93. The summed E-state index contributed by atoms with van der Waals surface area (Å²) in [7, 11) is 0. The number of hydrogen-bond donors (Lipinski definition) is 1. The lowest BCUT2D eigenvalue weighted by atomic mass is 10.1. The standard InChI is InChI=1S/C11H19F3N4/c1-4-5-15-9(11(12,13)14)6-10-16-7-17-18(10)8(2)3/h7-9,15H,4-6H2,1-3H3. The summed E-state index contributed by atoms with van der Waals surface area (Å²) in [6.07, 6.45) is -2.52. The van der Waals surface area contributed by atoms with Gasteiger partial charge in [-0.1, -0.05) is 6.92 Å². The molecule has 1 rings (SSSR count). The lowest BCUT2D eigenvalue weighted by Gasteiger charge is -2.21. The molecule has 104 valence electrons. The second-order valence-corrected chi connectivity index (χ2v) is 4.47. The fourth-order valence-corrected chi connectivity index (χ4v) is 1.66. The summed E-state index contributed by atoms with van der Waals surface area (Å²) in [5, 5.41) is 6.45. The molecule has 0 aliphatic heterocycles. The van der Waals surface area contributed by atoms with E-state index >= 15 is 0 Å². The monoisotopic (exact) mass is 264 g/mol. The van der Waals surface area contributed by atoms with Gasteiger partial charge in [-0.15, -0.1) is 0 Å². The van der Waals surface area contributed by atoms with E-state index in [0.717, 1.165) is 0 Å². The summed E-state index contributed by atoms with van der Waals surface area (Å²) in [6.45, 7) is 5.89. The van der Waals surface area contributed by atoms with Gasteiger partial charge in [0.05, 0.1) is 0 Å². The SMILES string of the molecule is CCCNC(Cc1ncnn1C(C)C)C(F)(F)F. The van der Waals surface area contributed by atoms with Crippen LogP contribution in [0, 0.1) is 0 Å². The van der Waals surface area contributed by atoms with Crippen LogP contribution in [0.2, 0.25) is 0 Å². The summed E-state index contributed by atoms with van der Waals surface area (Å²) < 4.78 is 40.1. The Bertz CT molecular complexity index is 359. The average molecular weight is 264 g/mol. The van der Waals surface area contributed by atoms with Crippen molar-refractivity contribution in [1.29, 1.82) is 0 Å². The molecule has 0 radical (unpaired) electrons. The van der Waals surface area contributed by atoms with Gasteiger partial charge in [-0.2, -0.15) is 18.3 Å². The number of nitrogens with one attached hydrogen (secondary N) is 1. The molecule has 0 spiro atoms. The Morgan fingerprint density at radius 2 is 2.06 bits per heavy atom. The van der Waals surface area contributed by atoms with Crippen LogP contribution in [0.25, 0.3) is 0 Å². The Kier molecular flexibility index (Phi) is 5.13. The van der Waals surface area contributed by atoms with Crippen LogP contribution in [0.5, 0.6) is 0 Å². The van der Waals surface area contributed by atoms with Crippen molar-refractivity contribution in [3.05, 3.63) is 12.2 Å². The molecule has 0 aliphatic rings. The van der Waals surface area contributed by atoms with E-state index in [2.05, 4.69) is 15.4 Å². The third kappa shape index (κ3) is 3.97. The molecule has 4 nitrogen and oxygen atoms in total. The number of rotatable bonds is 6. The van der Waals surface area contributed by atoms with Crippen LogP contribution < -0.4 is 5.32 Å². The van der Waals surface area contributed by atoms with Crippen LogP contribution in [0.15, 0.2) is 6.33 Å². The topological polar surface area (TPSA) is 42.7 Å². The number of aromatic nitrogens is 3. The highest BCUT2D eigenvalue weighted by Gasteiger charge is 2.40. The van der Waals surface area contributed by atoms with Crippen molar-refractivity contribution >= 4 is 0 Å². The van der Waals surface area contributed by atoms with E-state index in [0.29, 0.717) is 18.8 Å². The Morgan fingerprint density at radius 3 is 2.56 bits per heavy atom.